The summed E-state index contributed by atoms with van der Waals surface area (Å²) < 4.78 is 9.39. The average molecular weight is 207 g/mol. The Morgan fingerprint density at radius 2 is 2.50 bits per heavy atom. The highest BCUT2D eigenvalue weighted by molar-refractivity contribution is 7.09. The third-order valence-corrected chi connectivity index (χ3v) is 2.30. The molecular weight excluding hydrogens is 198 g/mol. The van der Waals surface area contributed by atoms with E-state index in [4.69, 9.17) is 10.2 Å². The molecule has 0 aromatic carbocycles. The first-order valence-electron chi connectivity index (χ1n) is 4.08. The maximum absolute atomic E-state index is 5.50. The van der Waals surface area contributed by atoms with Crippen LogP contribution in [0.2, 0.25) is 0 Å². The number of nitrogens with two attached hydrogens (primary N) is 1. The molecule has 0 fully saturated rings. The van der Waals surface area contributed by atoms with Crippen molar-refractivity contribution in [3.05, 3.63) is 30.7 Å². The van der Waals surface area contributed by atoms with Crippen LogP contribution in [0.15, 0.2) is 29.4 Å². The van der Waals surface area contributed by atoms with Gasteiger partial charge in [0, 0.05) is 18.0 Å². The molecule has 0 atom stereocenters. The fraction of sp³-hybridized carbons (Fsp3) is 0.111. The fourth-order valence-corrected chi connectivity index (χ4v) is 1.62. The number of rotatable bonds is 3. The molecule has 0 spiro atoms. The van der Waals surface area contributed by atoms with Gasteiger partial charge in [0.05, 0.1) is 11.8 Å². The first kappa shape index (κ1) is 8.96. The molecule has 4 nitrogen and oxygen atoms in total. The molecule has 72 valence electrons. The Labute approximate surface area is 85.2 Å². The monoisotopic (exact) mass is 207 g/mol. The predicted molar refractivity (Wildman–Crippen MR) is 55.9 cm³/mol. The topological polar surface area (TPSA) is 64.9 Å². The number of anilines is 1. The molecule has 2 N–H and O–H groups in total. The number of nitrogens with zero attached hydrogens (tertiary/aromatic N) is 2. The van der Waals surface area contributed by atoms with Gasteiger partial charge in [0.2, 0.25) is 0 Å². The first-order valence-corrected chi connectivity index (χ1v) is 4.85. The average Bonchev–Trinajstić information content (AvgIpc) is 2.74. The number of hydrogen-bond donors (Lipinski definition) is 1. The van der Waals surface area contributed by atoms with Crippen molar-refractivity contribution >= 4 is 16.7 Å². The number of hydrogen-bond acceptors (Lipinski definition) is 5. The van der Waals surface area contributed by atoms with E-state index in [0.717, 1.165) is 11.3 Å². The van der Waals surface area contributed by atoms with Crippen LogP contribution in [0.5, 0.6) is 0 Å². The molecule has 2 aromatic heterocycles. The molecule has 0 saturated heterocycles. The smallest absolute Gasteiger partial charge is 0.200 e. The molecule has 0 saturated carbocycles. The van der Waals surface area contributed by atoms with E-state index in [2.05, 4.69) is 15.9 Å². The van der Waals surface area contributed by atoms with Crippen LogP contribution < -0.4 is 5.73 Å². The minimum atomic E-state index is 0.464. The summed E-state index contributed by atoms with van der Waals surface area (Å²) in [6.45, 7) is 3.65. The van der Waals surface area contributed by atoms with Gasteiger partial charge >= 0.3 is 0 Å². The number of aromatic nitrogens is 2. The largest absolute Gasteiger partial charge is 0.468 e. The van der Waals surface area contributed by atoms with Gasteiger partial charge in [-0.3, -0.25) is 0 Å². The predicted octanol–water partition coefficient (Wildman–Crippen LogP) is 2.11. The lowest BCUT2D eigenvalue weighted by atomic mass is 10.2. The van der Waals surface area contributed by atoms with Gasteiger partial charge in [-0.2, -0.15) is 9.36 Å². The minimum Gasteiger partial charge on any atom is -0.468 e. The van der Waals surface area contributed by atoms with Gasteiger partial charge in [0.25, 0.3) is 0 Å². The number of nitrogen functional groups attached to an aromatic ring is 1. The molecule has 0 aliphatic heterocycles. The summed E-state index contributed by atoms with van der Waals surface area (Å²) >= 11 is 1.18. The van der Waals surface area contributed by atoms with E-state index in [-0.39, 0.29) is 0 Å². The molecule has 14 heavy (non-hydrogen) atoms. The summed E-state index contributed by atoms with van der Waals surface area (Å²) in [4.78, 5) is 4.09. The highest BCUT2D eigenvalue weighted by Gasteiger charge is 2.11. The van der Waals surface area contributed by atoms with E-state index < -0.39 is 0 Å². The Kier molecular flexibility index (Phi) is 2.32. The Morgan fingerprint density at radius 1 is 1.64 bits per heavy atom. The molecule has 2 rings (SSSR count). The van der Waals surface area contributed by atoms with Gasteiger partial charge in [0.15, 0.2) is 11.0 Å². The highest BCUT2D eigenvalue weighted by Crippen LogP contribution is 2.24. The van der Waals surface area contributed by atoms with Gasteiger partial charge in [-0.05, 0) is 6.07 Å². The van der Waals surface area contributed by atoms with Gasteiger partial charge in [-0.15, -0.1) is 6.58 Å². The zero-order valence-corrected chi connectivity index (χ0v) is 8.25. The minimum absolute atomic E-state index is 0.464. The Bertz CT molecular complexity index is 446. The summed E-state index contributed by atoms with van der Waals surface area (Å²) in [7, 11) is 0. The SMILES string of the molecule is C=CCc1occc1-c1nsc(N)n1. The maximum atomic E-state index is 5.50. The van der Waals surface area contributed by atoms with Crippen molar-refractivity contribution in [2.75, 3.05) is 5.73 Å². The van der Waals surface area contributed by atoms with Crippen molar-refractivity contribution in [3.8, 4) is 11.4 Å². The molecule has 0 aliphatic rings. The second-order valence-corrected chi connectivity index (χ2v) is 3.49. The molecule has 2 heterocycles. The van der Waals surface area contributed by atoms with E-state index in [1.165, 1.54) is 11.5 Å². The molecule has 0 radical (unpaired) electrons. The molecule has 5 heteroatoms. The van der Waals surface area contributed by atoms with E-state index in [1.54, 1.807) is 12.3 Å². The fourth-order valence-electron chi connectivity index (χ4n) is 1.17. The Hall–Kier alpha value is -1.62. The van der Waals surface area contributed by atoms with Crippen LogP contribution in [-0.4, -0.2) is 9.36 Å². The van der Waals surface area contributed by atoms with Gasteiger partial charge in [-0.1, -0.05) is 6.08 Å². The van der Waals surface area contributed by atoms with Crippen LogP contribution in [0.1, 0.15) is 5.76 Å². The third-order valence-electron chi connectivity index (χ3n) is 1.76. The zero-order valence-electron chi connectivity index (χ0n) is 7.43. The summed E-state index contributed by atoms with van der Waals surface area (Å²) in [6.07, 6.45) is 4.06. The van der Waals surface area contributed by atoms with Crippen molar-refractivity contribution in [1.29, 1.82) is 0 Å². The lowest BCUT2D eigenvalue weighted by Gasteiger charge is -1.93. The van der Waals surface area contributed by atoms with E-state index in [0.29, 0.717) is 17.4 Å². The molecule has 2 aromatic rings. The summed E-state index contributed by atoms with van der Waals surface area (Å²) in [5.41, 5.74) is 6.39. The third kappa shape index (κ3) is 1.54. The molecule has 0 amide bonds. The summed E-state index contributed by atoms with van der Waals surface area (Å²) in [5.74, 6) is 1.44. The molecule has 0 unspecified atom stereocenters. The standard InChI is InChI=1S/C9H9N3OS/c1-2-3-7-6(4-5-13-7)8-11-9(10)14-12-8/h2,4-5H,1,3H2,(H2,10,11,12). The van der Waals surface area contributed by atoms with Gasteiger partial charge in [0.1, 0.15) is 5.76 Å². The van der Waals surface area contributed by atoms with Crippen molar-refractivity contribution in [2.45, 2.75) is 6.42 Å². The van der Waals surface area contributed by atoms with Crippen LogP contribution in [0.4, 0.5) is 5.13 Å². The second-order valence-electron chi connectivity index (χ2n) is 2.71. The zero-order chi connectivity index (χ0) is 9.97. The van der Waals surface area contributed by atoms with Crippen molar-refractivity contribution in [3.63, 3.8) is 0 Å². The highest BCUT2D eigenvalue weighted by atomic mass is 32.1. The normalized spacial score (nSPS) is 10.3. The summed E-state index contributed by atoms with van der Waals surface area (Å²) in [6, 6.07) is 1.83. The lowest BCUT2D eigenvalue weighted by molar-refractivity contribution is 0.524. The number of furan rings is 1. The van der Waals surface area contributed by atoms with Crippen LogP contribution >= 0.6 is 11.5 Å². The van der Waals surface area contributed by atoms with Crippen LogP contribution in [-0.2, 0) is 6.42 Å². The van der Waals surface area contributed by atoms with Crippen molar-refractivity contribution in [1.82, 2.24) is 9.36 Å². The summed E-state index contributed by atoms with van der Waals surface area (Å²) in [5, 5.41) is 0.464. The van der Waals surface area contributed by atoms with E-state index in [1.807, 2.05) is 6.07 Å². The molecular formula is C9H9N3OS. The van der Waals surface area contributed by atoms with Crippen LogP contribution in [0.25, 0.3) is 11.4 Å². The molecule has 0 aliphatic carbocycles. The second kappa shape index (κ2) is 3.63. The first-order chi connectivity index (χ1) is 6.81. The van der Waals surface area contributed by atoms with Gasteiger partial charge in [-0.25, -0.2) is 0 Å². The van der Waals surface area contributed by atoms with Crippen LogP contribution in [0.3, 0.4) is 0 Å². The lowest BCUT2D eigenvalue weighted by Crippen LogP contribution is -1.86. The number of allylic oxidation sites excluding steroid dienone is 1. The van der Waals surface area contributed by atoms with E-state index >= 15 is 0 Å². The van der Waals surface area contributed by atoms with Gasteiger partial charge < -0.3 is 10.2 Å². The quantitative estimate of drug-likeness (QED) is 0.783. The molecule has 0 bridgehead atoms. The Morgan fingerprint density at radius 3 is 3.14 bits per heavy atom. The van der Waals surface area contributed by atoms with Crippen LogP contribution in [0, 0.1) is 0 Å². The Balaban J connectivity index is 2.40. The van der Waals surface area contributed by atoms with Crippen molar-refractivity contribution < 1.29 is 4.42 Å². The van der Waals surface area contributed by atoms with E-state index in [9.17, 15) is 0 Å². The maximum Gasteiger partial charge on any atom is 0.200 e. The van der Waals surface area contributed by atoms with Crippen molar-refractivity contribution in [2.24, 2.45) is 0 Å².